The molecule has 2 aromatic carbocycles. The number of benzene rings is 2. The molecule has 29 heavy (non-hydrogen) atoms. The lowest BCUT2D eigenvalue weighted by Gasteiger charge is -2.27. The fourth-order valence-corrected chi connectivity index (χ4v) is 4.37. The number of alkyl halides is 1. The van der Waals surface area contributed by atoms with Crippen LogP contribution in [0.3, 0.4) is 0 Å². The van der Waals surface area contributed by atoms with Crippen LogP contribution in [0.2, 0.25) is 5.02 Å². The molecule has 0 amide bonds. The van der Waals surface area contributed by atoms with Crippen LogP contribution in [-0.2, 0) is 10.5 Å². The van der Waals surface area contributed by atoms with Crippen LogP contribution in [0, 0.1) is 17.0 Å². The van der Waals surface area contributed by atoms with Crippen molar-refractivity contribution in [3.8, 4) is 0 Å². The van der Waals surface area contributed by atoms with Crippen LogP contribution < -0.4 is 0 Å². The maximum Gasteiger partial charge on any atom is 0.338 e. The van der Waals surface area contributed by atoms with Crippen molar-refractivity contribution in [2.24, 2.45) is 0 Å². The number of nitro groups is 1. The van der Waals surface area contributed by atoms with Crippen molar-refractivity contribution in [1.29, 1.82) is 0 Å². The number of halogens is 2. The standard InChI is InChI=1S/C21H16ClFN2O4/c1-12-19(25(27)28)20(29-24-12)21(23)17(26)11-16(13-6-3-2-4-7-13)18(21)14-8-5-9-15(22)10-14/h2-10,16,18H,11H2,1H3/t16-,18-,21+/m1/s1. The summed E-state index contributed by atoms with van der Waals surface area (Å²) in [6.45, 7) is 1.34. The van der Waals surface area contributed by atoms with Gasteiger partial charge in [0.05, 0.1) is 4.92 Å². The molecule has 1 aliphatic rings. The minimum absolute atomic E-state index is 0.0807. The van der Waals surface area contributed by atoms with Crippen LogP contribution in [0.4, 0.5) is 10.1 Å². The molecule has 1 aliphatic carbocycles. The fraction of sp³-hybridized carbons (Fsp3) is 0.238. The number of hydrogen-bond donors (Lipinski definition) is 0. The summed E-state index contributed by atoms with van der Waals surface area (Å²) in [7, 11) is 0. The van der Waals surface area contributed by atoms with E-state index in [1.54, 1.807) is 48.5 Å². The second kappa shape index (κ2) is 7.08. The van der Waals surface area contributed by atoms with Gasteiger partial charge in [0.15, 0.2) is 11.5 Å². The van der Waals surface area contributed by atoms with Crippen LogP contribution in [0.25, 0.3) is 0 Å². The zero-order valence-electron chi connectivity index (χ0n) is 15.3. The van der Waals surface area contributed by atoms with Gasteiger partial charge in [-0.2, -0.15) is 0 Å². The Morgan fingerprint density at radius 3 is 2.55 bits per heavy atom. The highest BCUT2D eigenvalue weighted by Crippen LogP contribution is 2.58. The Morgan fingerprint density at radius 2 is 1.90 bits per heavy atom. The summed E-state index contributed by atoms with van der Waals surface area (Å²) in [6, 6.07) is 15.6. The van der Waals surface area contributed by atoms with Gasteiger partial charge in [-0.05, 0) is 30.2 Å². The summed E-state index contributed by atoms with van der Waals surface area (Å²) in [5, 5.41) is 15.5. The number of hydrogen-bond acceptors (Lipinski definition) is 5. The molecular formula is C21H16ClFN2O4. The average molecular weight is 415 g/mol. The third-order valence-electron chi connectivity index (χ3n) is 5.42. The predicted molar refractivity (Wildman–Crippen MR) is 104 cm³/mol. The summed E-state index contributed by atoms with van der Waals surface area (Å²) < 4.78 is 21.7. The molecule has 0 aliphatic heterocycles. The molecule has 3 atom stereocenters. The highest BCUT2D eigenvalue weighted by Gasteiger charge is 2.63. The van der Waals surface area contributed by atoms with Crippen molar-refractivity contribution >= 4 is 23.1 Å². The smallest absolute Gasteiger partial charge is 0.338 e. The van der Waals surface area contributed by atoms with Gasteiger partial charge < -0.3 is 4.52 Å². The Labute approximate surface area is 170 Å². The largest absolute Gasteiger partial charge is 0.349 e. The molecule has 1 heterocycles. The van der Waals surface area contributed by atoms with Gasteiger partial charge in [0.1, 0.15) is 0 Å². The van der Waals surface area contributed by atoms with Crippen LogP contribution in [-0.4, -0.2) is 15.9 Å². The summed E-state index contributed by atoms with van der Waals surface area (Å²) in [4.78, 5) is 23.8. The molecule has 4 rings (SSSR count). The van der Waals surface area contributed by atoms with Gasteiger partial charge in [-0.25, -0.2) is 4.39 Å². The zero-order valence-corrected chi connectivity index (χ0v) is 16.1. The molecule has 0 N–H and O–H groups in total. The normalized spacial score (nSPS) is 24.0. The van der Waals surface area contributed by atoms with E-state index in [1.165, 1.54) is 6.92 Å². The van der Waals surface area contributed by atoms with E-state index in [0.29, 0.717) is 10.6 Å². The molecule has 0 spiro atoms. The van der Waals surface area contributed by atoms with Crippen LogP contribution in [0.1, 0.15) is 40.8 Å². The first kappa shape index (κ1) is 19.3. The first-order chi connectivity index (χ1) is 13.8. The topological polar surface area (TPSA) is 86.2 Å². The van der Waals surface area contributed by atoms with Gasteiger partial charge in [-0.3, -0.25) is 14.9 Å². The molecule has 1 fully saturated rings. The van der Waals surface area contributed by atoms with E-state index in [1.807, 2.05) is 6.07 Å². The monoisotopic (exact) mass is 414 g/mol. The second-order valence-corrected chi connectivity index (χ2v) is 7.53. The zero-order chi connectivity index (χ0) is 20.8. The second-order valence-electron chi connectivity index (χ2n) is 7.09. The minimum atomic E-state index is -2.74. The van der Waals surface area contributed by atoms with Gasteiger partial charge in [0.25, 0.3) is 5.76 Å². The Morgan fingerprint density at radius 1 is 1.21 bits per heavy atom. The molecular weight excluding hydrogens is 399 g/mol. The Hall–Kier alpha value is -3.06. The van der Waals surface area contributed by atoms with Gasteiger partial charge >= 0.3 is 5.69 Å². The maximum atomic E-state index is 16.7. The van der Waals surface area contributed by atoms with Gasteiger partial charge in [-0.1, -0.05) is 59.2 Å². The van der Waals surface area contributed by atoms with Gasteiger partial charge in [0.2, 0.25) is 5.67 Å². The number of rotatable bonds is 4. The number of Topliss-reactive ketones (excluding diaryl/α,β-unsaturated/α-hetero) is 1. The summed E-state index contributed by atoms with van der Waals surface area (Å²) >= 11 is 6.13. The number of aryl methyl sites for hydroxylation is 1. The van der Waals surface area contributed by atoms with E-state index in [9.17, 15) is 14.9 Å². The molecule has 3 aromatic rings. The van der Waals surface area contributed by atoms with E-state index >= 15 is 4.39 Å². The van der Waals surface area contributed by atoms with Crippen molar-refractivity contribution in [3.05, 3.63) is 92.3 Å². The Kier molecular flexibility index (Phi) is 4.70. The third kappa shape index (κ3) is 3.02. The lowest BCUT2D eigenvalue weighted by molar-refractivity contribution is -0.387. The molecule has 0 bridgehead atoms. The van der Waals surface area contributed by atoms with Crippen LogP contribution in [0.5, 0.6) is 0 Å². The molecule has 0 saturated heterocycles. The molecule has 1 aromatic heterocycles. The summed E-state index contributed by atoms with van der Waals surface area (Å²) in [5.41, 5.74) is -2.22. The first-order valence-corrected chi connectivity index (χ1v) is 9.35. The van der Waals surface area contributed by atoms with Crippen molar-refractivity contribution in [2.45, 2.75) is 30.8 Å². The SMILES string of the molecule is Cc1noc([C@]2(F)C(=O)C[C@H](c3ccccc3)[C@H]2c2cccc(Cl)c2)c1[N+](=O)[O-]. The predicted octanol–water partition coefficient (Wildman–Crippen LogP) is 5.25. The van der Waals surface area contributed by atoms with E-state index in [2.05, 4.69) is 5.16 Å². The average Bonchev–Trinajstić information content (AvgIpc) is 3.21. The van der Waals surface area contributed by atoms with Crippen molar-refractivity contribution in [3.63, 3.8) is 0 Å². The quantitative estimate of drug-likeness (QED) is 0.430. The van der Waals surface area contributed by atoms with Gasteiger partial charge in [0, 0.05) is 23.3 Å². The van der Waals surface area contributed by atoms with Crippen LogP contribution in [0.15, 0.2) is 59.1 Å². The van der Waals surface area contributed by atoms with E-state index in [4.69, 9.17) is 16.1 Å². The van der Waals surface area contributed by atoms with Crippen molar-refractivity contribution in [1.82, 2.24) is 5.16 Å². The molecule has 1 saturated carbocycles. The molecule has 0 unspecified atom stereocenters. The number of ketones is 1. The maximum absolute atomic E-state index is 16.7. The van der Waals surface area contributed by atoms with E-state index < -0.39 is 39.7 Å². The highest BCUT2D eigenvalue weighted by atomic mass is 35.5. The highest BCUT2D eigenvalue weighted by molar-refractivity contribution is 6.30. The fourth-order valence-electron chi connectivity index (χ4n) is 4.18. The van der Waals surface area contributed by atoms with E-state index in [-0.39, 0.29) is 12.1 Å². The minimum Gasteiger partial charge on any atom is -0.349 e. The number of carbonyl (C=O) groups excluding carboxylic acids is 1. The van der Waals surface area contributed by atoms with Crippen LogP contribution >= 0.6 is 11.6 Å². The molecule has 0 radical (unpaired) electrons. The molecule has 6 nitrogen and oxygen atoms in total. The van der Waals surface area contributed by atoms with E-state index in [0.717, 1.165) is 5.56 Å². The lowest BCUT2D eigenvalue weighted by Crippen LogP contribution is -2.32. The van der Waals surface area contributed by atoms with Crippen molar-refractivity contribution in [2.75, 3.05) is 0 Å². The number of nitrogens with zero attached hydrogens (tertiary/aromatic N) is 2. The summed E-state index contributed by atoms with van der Waals surface area (Å²) in [5.74, 6) is -3.04. The molecule has 8 heteroatoms. The van der Waals surface area contributed by atoms with Gasteiger partial charge in [-0.15, -0.1) is 0 Å². The molecule has 148 valence electrons. The first-order valence-electron chi connectivity index (χ1n) is 8.97. The van der Waals surface area contributed by atoms with Crippen molar-refractivity contribution < 1.29 is 18.6 Å². The summed E-state index contributed by atoms with van der Waals surface area (Å²) in [6.07, 6.45) is -0.130. The Bertz CT molecular complexity index is 1100. The number of carbonyl (C=O) groups is 1. The number of aromatic nitrogens is 1. The Balaban J connectivity index is 1.97. The third-order valence-corrected chi connectivity index (χ3v) is 5.66. The lowest BCUT2D eigenvalue weighted by atomic mass is 9.77.